The maximum atomic E-state index is 11.9. The molecule has 0 spiro atoms. The molecule has 20 heavy (non-hydrogen) atoms. The van der Waals surface area contributed by atoms with Crippen molar-refractivity contribution >= 4 is 11.9 Å². The number of hydrogen-bond acceptors (Lipinski definition) is 5. The van der Waals surface area contributed by atoms with Crippen LogP contribution in [-0.4, -0.2) is 24.3 Å². The molecule has 0 aliphatic carbocycles. The van der Waals surface area contributed by atoms with Gasteiger partial charge in [-0.3, -0.25) is 15.4 Å². The van der Waals surface area contributed by atoms with Gasteiger partial charge in [-0.2, -0.15) is 13.2 Å². The topological polar surface area (TPSA) is 90.7 Å². The molecule has 0 bridgehead atoms. The van der Waals surface area contributed by atoms with E-state index in [1.54, 1.807) is 35.8 Å². The van der Waals surface area contributed by atoms with E-state index in [0.717, 1.165) is 0 Å². The van der Waals surface area contributed by atoms with Gasteiger partial charge in [0.15, 0.2) is 0 Å². The summed E-state index contributed by atoms with van der Waals surface area (Å²) in [6.45, 7) is -0.0213. The number of hydrogen-bond donors (Lipinski definition) is 2. The quantitative estimate of drug-likeness (QED) is 0.472. The van der Waals surface area contributed by atoms with Gasteiger partial charge >= 0.3 is 12.1 Å². The van der Waals surface area contributed by atoms with E-state index in [2.05, 4.69) is 4.74 Å². The van der Waals surface area contributed by atoms with Gasteiger partial charge in [-0.05, 0) is 5.56 Å². The minimum absolute atomic E-state index is 0.0213. The van der Waals surface area contributed by atoms with Crippen molar-refractivity contribution in [2.45, 2.75) is 19.0 Å². The molecule has 0 saturated heterocycles. The summed E-state index contributed by atoms with van der Waals surface area (Å²) in [7, 11) is 0. The fraction of sp³-hybridized carbons (Fsp3) is 0.273. The van der Waals surface area contributed by atoms with Crippen molar-refractivity contribution in [3.8, 4) is 0 Å². The maximum Gasteiger partial charge on any atom is 0.490 e. The third-order valence-corrected chi connectivity index (χ3v) is 1.98. The van der Waals surface area contributed by atoms with E-state index in [4.69, 9.17) is 10.6 Å². The van der Waals surface area contributed by atoms with Gasteiger partial charge in [0.05, 0.1) is 6.61 Å². The van der Waals surface area contributed by atoms with E-state index in [0.29, 0.717) is 5.56 Å². The molecule has 0 radical (unpaired) electrons. The van der Waals surface area contributed by atoms with Crippen molar-refractivity contribution in [1.82, 2.24) is 5.48 Å². The number of benzene rings is 1. The normalized spacial score (nSPS) is 12.6. The number of ether oxygens (including phenoxy) is 1. The first-order chi connectivity index (χ1) is 9.30. The molecule has 9 heteroatoms. The van der Waals surface area contributed by atoms with Gasteiger partial charge < -0.3 is 4.74 Å². The second-order valence-corrected chi connectivity index (χ2v) is 3.56. The summed E-state index contributed by atoms with van der Waals surface area (Å²) in [5, 5.41) is 0. The summed E-state index contributed by atoms with van der Waals surface area (Å²) in [6, 6.07) is 8.65. The largest absolute Gasteiger partial charge is 0.490 e. The lowest BCUT2D eigenvalue weighted by molar-refractivity contribution is -0.206. The molecule has 1 atom stereocenters. The summed E-state index contributed by atoms with van der Waals surface area (Å²) in [5.41, 5.74) is 7.45. The predicted octanol–water partition coefficient (Wildman–Crippen LogP) is 0.625. The number of amides is 1. The van der Waals surface area contributed by atoms with Gasteiger partial charge in [0.2, 0.25) is 6.23 Å². The van der Waals surface area contributed by atoms with Crippen LogP contribution in [-0.2, 0) is 25.8 Å². The number of esters is 1. The summed E-state index contributed by atoms with van der Waals surface area (Å²) in [6.07, 6.45) is -7.33. The van der Waals surface area contributed by atoms with Crippen molar-refractivity contribution in [3.05, 3.63) is 35.9 Å². The first-order valence-corrected chi connectivity index (χ1v) is 5.29. The van der Waals surface area contributed by atoms with Crippen LogP contribution in [0.1, 0.15) is 5.56 Å². The second kappa shape index (κ2) is 6.87. The third-order valence-electron chi connectivity index (χ3n) is 1.98. The molecule has 3 N–H and O–H groups in total. The Bertz CT molecular complexity index is 464. The number of carbonyl (C=O) groups is 2. The fourth-order valence-corrected chi connectivity index (χ4v) is 1.06. The van der Waals surface area contributed by atoms with Crippen LogP contribution >= 0.6 is 0 Å². The number of rotatable bonds is 5. The number of alkyl halides is 3. The number of nitrogens with two attached hydrogens (primary N) is 1. The Balaban J connectivity index is 2.34. The molecule has 0 aliphatic rings. The van der Waals surface area contributed by atoms with Gasteiger partial charge in [0.1, 0.15) is 0 Å². The first kappa shape index (κ1) is 15.9. The Labute approximate surface area is 111 Å². The molecular weight excluding hydrogens is 281 g/mol. The molecule has 0 saturated carbocycles. The van der Waals surface area contributed by atoms with Crippen LogP contribution in [0.15, 0.2) is 30.3 Å². The van der Waals surface area contributed by atoms with Crippen molar-refractivity contribution in [1.29, 1.82) is 0 Å². The first-order valence-electron chi connectivity index (χ1n) is 5.29. The Kier molecular flexibility index (Phi) is 5.47. The third kappa shape index (κ3) is 5.24. The lowest BCUT2D eigenvalue weighted by Crippen LogP contribution is -2.45. The summed E-state index contributed by atoms with van der Waals surface area (Å²) in [4.78, 5) is 26.3. The predicted molar refractivity (Wildman–Crippen MR) is 59.5 cm³/mol. The number of carbonyl (C=O) groups excluding carboxylic acids is 2. The van der Waals surface area contributed by atoms with Crippen molar-refractivity contribution < 1.29 is 32.3 Å². The van der Waals surface area contributed by atoms with E-state index in [9.17, 15) is 22.8 Å². The molecular formula is C11H11F3N2O4. The molecule has 1 aromatic rings. The van der Waals surface area contributed by atoms with Gasteiger partial charge in [-0.25, -0.2) is 10.3 Å². The van der Waals surface area contributed by atoms with E-state index < -0.39 is 24.3 Å². The summed E-state index contributed by atoms with van der Waals surface area (Å²) >= 11 is 0. The van der Waals surface area contributed by atoms with Crippen molar-refractivity contribution in [2.24, 2.45) is 5.73 Å². The monoisotopic (exact) mass is 292 g/mol. The van der Waals surface area contributed by atoms with Crippen molar-refractivity contribution in [2.75, 3.05) is 0 Å². The Morgan fingerprint density at radius 2 is 1.85 bits per heavy atom. The highest BCUT2D eigenvalue weighted by Crippen LogP contribution is 2.16. The van der Waals surface area contributed by atoms with Crippen molar-refractivity contribution in [3.63, 3.8) is 0 Å². The molecule has 0 heterocycles. The molecule has 1 unspecified atom stereocenters. The zero-order valence-electron chi connectivity index (χ0n) is 10.0. The molecule has 6 nitrogen and oxygen atoms in total. The Morgan fingerprint density at radius 1 is 1.25 bits per heavy atom. The number of hydroxylamine groups is 1. The van der Waals surface area contributed by atoms with E-state index in [1.165, 1.54) is 0 Å². The number of nitrogens with one attached hydrogen (secondary N) is 1. The smallest absolute Gasteiger partial charge is 0.430 e. The minimum atomic E-state index is -5.22. The van der Waals surface area contributed by atoms with E-state index in [1.807, 2.05) is 0 Å². The van der Waals surface area contributed by atoms with E-state index in [-0.39, 0.29) is 6.61 Å². The lowest BCUT2D eigenvalue weighted by Gasteiger charge is -2.14. The molecule has 0 aromatic heterocycles. The second-order valence-electron chi connectivity index (χ2n) is 3.56. The average Bonchev–Trinajstić information content (AvgIpc) is 2.38. The number of halogens is 3. The van der Waals surface area contributed by atoms with Crippen LogP contribution in [0.25, 0.3) is 0 Å². The van der Waals surface area contributed by atoms with Gasteiger partial charge in [-0.1, -0.05) is 30.3 Å². The highest BCUT2D eigenvalue weighted by molar-refractivity contribution is 5.83. The van der Waals surface area contributed by atoms with Crippen LogP contribution in [0, 0.1) is 0 Å². The zero-order valence-corrected chi connectivity index (χ0v) is 10.0. The SMILES string of the molecule is NC(OC(=O)C(F)(F)F)C(=O)NOCc1ccccc1. The Morgan fingerprint density at radius 3 is 2.40 bits per heavy atom. The van der Waals surface area contributed by atoms with E-state index >= 15 is 0 Å². The molecule has 110 valence electrons. The highest BCUT2D eigenvalue weighted by Gasteiger charge is 2.42. The van der Waals surface area contributed by atoms with Crippen LogP contribution in [0.3, 0.4) is 0 Å². The maximum absolute atomic E-state index is 11.9. The molecule has 1 aromatic carbocycles. The average molecular weight is 292 g/mol. The molecule has 0 fully saturated rings. The standard InChI is InChI=1S/C11H11F3N2O4/c12-11(13,14)10(18)20-8(15)9(17)16-19-6-7-4-2-1-3-5-7/h1-5,8H,6,15H2,(H,16,17). The van der Waals surface area contributed by atoms with Gasteiger partial charge in [0, 0.05) is 0 Å². The summed E-state index contributed by atoms with van der Waals surface area (Å²) in [5.74, 6) is -3.76. The van der Waals surface area contributed by atoms with Crippen LogP contribution in [0.2, 0.25) is 0 Å². The van der Waals surface area contributed by atoms with Gasteiger partial charge in [-0.15, -0.1) is 0 Å². The van der Waals surface area contributed by atoms with Crippen LogP contribution in [0.4, 0.5) is 13.2 Å². The fourth-order valence-electron chi connectivity index (χ4n) is 1.06. The highest BCUT2D eigenvalue weighted by atomic mass is 19.4. The minimum Gasteiger partial charge on any atom is -0.430 e. The molecule has 0 aliphatic heterocycles. The van der Waals surface area contributed by atoms with Crippen LogP contribution in [0.5, 0.6) is 0 Å². The van der Waals surface area contributed by atoms with Crippen LogP contribution < -0.4 is 11.2 Å². The van der Waals surface area contributed by atoms with Gasteiger partial charge in [0.25, 0.3) is 5.91 Å². The lowest BCUT2D eigenvalue weighted by atomic mass is 10.2. The summed E-state index contributed by atoms with van der Waals surface area (Å²) < 4.78 is 39.3. The molecule has 1 amide bonds. The Hall–Kier alpha value is -2.13. The zero-order chi connectivity index (χ0) is 15.2. The molecule has 1 rings (SSSR count).